The molecule has 2 heterocycles. The van der Waals surface area contributed by atoms with Crippen molar-refractivity contribution in [3.8, 4) is 17.0 Å². The highest BCUT2D eigenvalue weighted by molar-refractivity contribution is 7.99. The lowest BCUT2D eigenvalue weighted by molar-refractivity contribution is -0.131. The average Bonchev–Trinajstić information content (AvgIpc) is 2.86. The van der Waals surface area contributed by atoms with E-state index in [0.29, 0.717) is 13.0 Å². The highest BCUT2D eigenvalue weighted by Gasteiger charge is 2.22. The molecule has 1 fully saturated rings. The first-order chi connectivity index (χ1) is 15.7. The van der Waals surface area contributed by atoms with Crippen LogP contribution in [-0.2, 0) is 4.79 Å². The Kier molecular flexibility index (Phi) is 7.61. The molecule has 166 valence electrons. The van der Waals surface area contributed by atoms with Gasteiger partial charge in [-0.05, 0) is 55.5 Å². The van der Waals surface area contributed by atoms with Crippen LogP contribution in [0.1, 0.15) is 13.3 Å². The normalized spacial score (nSPS) is 13.8. The third kappa shape index (κ3) is 5.79. The Morgan fingerprint density at radius 2 is 1.69 bits per heavy atom. The van der Waals surface area contributed by atoms with Gasteiger partial charge in [-0.3, -0.25) is 4.79 Å². The number of carbonyl (C=O) groups is 1. The first-order valence-electron chi connectivity index (χ1n) is 11.0. The molecule has 0 radical (unpaired) electrons. The molecule has 0 N–H and O–H groups in total. The summed E-state index contributed by atoms with van der Waals surface area (Å²) < 4.78 is 5.49. The van der Waals surface area contributed by atoms with Crippen LogP contribution in [0.2, 0.25) is 0 Å². The highest BCUT2D eigenvalue weighted by atomic mass is 32.2. The summed E-state index contributed by atoms with van der Waals surface area (Å²) >= 11 is 1.73. The largest absolute Gasteiger partial charge is 0.494 e. The van der Waals surface area contributed by atoms with Crippen molar-refractivity contribution in [2.75, 3.05) is 43.4 Å². The molecule has 32 heavy (non-hydrogen) atoms. The fraction of sp³-hybridized carbons (Fsp3) is 0.320. The number of benzene rings is 2. The number of thioether (sulfide) groups is 1. The van der Waals surface area contributed by atoms with Crippen LogP contribution < -0.4 is 9.64 Å². The van der Waals surface area contributed by atoms with E-state index in [0.717, 1.165) is 54.8 Å². The van der Waals surface area contributed by atoms with E-state index in [1.165, 1.54) is 4.90 Å². The van der Waals surface area contributed by atoms with Crippen LogP contribution in [0.25, 0.3) is 11.3 Å². The number of hydrogen-bond donors (Lipinski definition) is 0. The minimum atomic E-state index is 0.227. The minimum Gasteiger partial charge on any atom is -0.494 e. The molecule has 7 heteroatoms. The maximum Gasteiger partial charge on any atom is 0.223 e. The van der Waals surface area contributed by atoms with Gasteiger partial charge >= 0.3 is 0 Å². The van der Waals surface area contributed by atoms with Crippen molar-refractivity contribution in [2.24, 2.45) is 0 Å². The average molecular weight is 449 g/mol. The van der Waals surface area contributed by atoms with Crippen LogP contribution in [0.5, 0.6) is 5.75 Å². The van der Waals surface area contributed by atoms with E-state index in [2.05, 4.69) is 27.2 Å². The van der Waals surface area contributed by atoms with E-state index in [9.17, 15) is 4.79 Å². The standard InChI is InChI=1S/C25H28N4O2S/c1-2-31-21-10-8-20(9-11-21)23-12-13-24(27-26-23)28-15-17-29(18-16-28)25(30)14-19-32-22-6-4-3-5-7-22/h3-13H,2,14-19H2,1H3. The third-order valence-corrected chi connectivity index (χ3v) is 6.41. The Labute approximate surface area is 193 Å². The summed E-state index contributed by atoms with van der Waals surface area (Å²) in [6, 6.07) is 22.1. The molecular formula is C25H28N4O2S. The molecule has 1 saturated heterocycles. The summed E-state index contributed by atoms with van der Waals surface area (Å²) in [4.78, 5) is 17.9. The van der Waals surface area contributed by atoms with Crippen LogP contribution >= 0.6 is 11.8 Å². The lowest BCUT2D eigenvalue weighted by Crippen LogP contribution is -2.49. The van der Waals surface area contributed by atoms with Crippen molar-refractivity contribution in [2.45, 2.75) is 18.2 Å². The number of ether oxygens (including phenoxy) is 1. The molecule has 1 aliphatic heterocycles. The molecule has 1 aliphatic rings. The first-order valence-corrected chi connectivity index (χ1v) is 12.0. The lowest BCUT2D eigenvalue weighted by atomic mass is 10.1. The lowest BCUT2D eigenvalue weighted by Gasteiger charge is -2.35. The monoisotopic (exact) mass is 448 g/mol. The predicted octanol–water partition coefficient (Wildman–Crippen LogP) is 4.37. The van der Waals surface area contributed by atoms with Crippen molar-refractivity contribution in [1.82, 2.24) is 15.1 Å². The Balaban J connectivity index is 1.25. The number of piperazine rings is 1. The zero-order valence-corrected chi connectivity index (χ0v) is 19.1. The van der Waals surface area contributed by atoms with Gasteiger partial charge in [-0.15, -0.1) is 22.0 Å². The first kappa shape index (κ1) is 22.1. The topological polar surface area (TPSA) is 58.6 Å². The maximum atomic E-state index is 12.6. The zero-order valence-electron chi connectivity index (χ0n) is 18.3. The summed E-state index contributed by atoms with van der Waals surface area (Å²) in [6.45, 7) is 5.61. The van der Waals surface area contributed by atoms with Gasteiger partial charge < -0.3 is 14.5 Å². The zero-order chi connectivity index (χ0) is 22.2. The van der Waals surface area contributed by atoms with E-state index >= 15 is 0 Å². The summed E-state index contributed by atoms with van der Waals surface area (Å²) in [7, 11) is 0. The molecule has 4 rings (SSSR count). The van der Waals surface area contributed by atoms with E-state index < -0.39 is 0 Å². The number of anilines is 1. The SMILES string of the molecule is CCOc1ccc(-c2ccc(N3CCN(C(=O)CCSc4ccccc4)CC3)nn2)cc1. The van der Waals surface area contributed by atoms with Crippen LogP contribution in [0.3, 0.4) is 0 Å². The molecule has 0 unspecified atom stereocenters. The molecule has 1 aromatic heterocycles. The van der Waals surface area contributed by atoms with Crippen LogP contribution in [0, 0.1) is 0 Å². The predicted molar refractivity (Wildman–Crippen MR) is 129 cm³/mol. The van der Waals surface area contributed by atoms with Crippen molar-refractivity contribution < 1.29 is 9.53 Å². The summed E-state index contributed by atoms with van der Waals surface area (Å²) in [6.07, 6.45) is 0.566. The molecule has 0 bridgehead atoms. The van der Waals surface area contributed by atoms with Crippen LogP contribution in [0.15, 0.2) is 71.6 Å². The van der Waals surface area contributed by atoms with E-state index in [-0.39, 0.29) is 5.91 Å². The molecule has 0 spiro atoms. The van der Waals surface area contributed by atoms with Gasteiger partial charge in [0, 0.05) is 48.8 Å². The van der Waals surface area contributed by atoms with Crippen molar-refractivity contribution in [3.05, 3.63) is 66.7 Å². The van der Waals surface area contributed by atoms with E-state index in [1.807, 2.05) is 66.4 Å². The van der Waals surface area contributed by atoms with Gasteiger partial charge in [0.2, 0.25) is 5.91 Å². The fourth-order valence-electron chi connectivity index (χ4n) is 3.65. The second-order valence-electron chi connectivity index (χ2n) is 7.51. The third-order valence-electron chi connectivity index (χ3n) is 5.40. The molecular weight excluding hydrogens is 420 g/mol. The van der Waals surface area contributed by atoms with Gasteiger partial charge in [-0.1, -0.05) is 18.2 Å². The van der Waals surface area contributed by atoms with Crippen molar-refractivity contribution in [1.29, 1.82) is 0 Å². The van der Waals surface area contributed by atoms with Crippen LogP contribution in [0.4, 0.5) is 5.82 Å². The van der Waals surface area contributed by atoms with Gasteiger partial charge in [0.25, 0.3) is 0 Å². The number of nitrogens with zero attached hydrogens (tertiary/aromatic N) is 4. The highest BCUT2D eigenvalue weighted by Crippen LogP contribution is 2.23. The smallest absolute Gasteiger partial charge is 0.223 e. The molecule has 0 saturated carbocycles. The van der Waals surface area contributed by atoms with Gasteiger partial charge in [0.05, 0.1) is 12.3 Å². The van der Waals surface area contributed by atoms with Crippen molar-refractivity contribution >= 4 is 23.5 Å². The molecule has 1 amide bonds. The quantitative estimate of drug-likeness (QED) is 0.477. The van der Waals surface area contributed by atoms with Gasteiger partial charge in [-0.2, -0.15) is 0 Å². The second kappa shape index (κ2) is 11.0. The van der Waals surface area contributed by atoms with Crippen LogP contribution in [-0.4, -0.2) is 59.5 Å². The van der Waals surface area contributed by atoms with Crippen molar-refractivity contribution in [3.63, 3.8) is 0 Å². The number of hydrogen-bond acceptors (Lipinski definition) is 6. The van der Waals surface area contributed by atoms with E-state index in [4.69, 9.17) is 4.74 Å². The molecule has 2 aromatic carbocycles. The second-order valence-corrected chi connectivity index (χ2v) is 8.68. The Hall–Kier alpha value is -3.06. The number of rotatable bonds is 8. The van der Waals surface area contributed by atoms with Gasteiger partial charge in [0.15, 0.2) is 5.82 Å². The van der Waals surface area contributed by atoms with Gasteiger partial charge in [-0.25, -0.2) is 0 Å². The molecule has 3 aromatic rings. The molecule has 6 nitrogen and oxygen atoms in total. The number of aromatic nitrogens is 2. The molecule has 0 aliphatic carbocycles. The molecule has 0 atom stereocenters. The number of carbonyl (C=O) groups excluding carboxylic acids is 1. The Morgan fingerprint density at radius 3 is 2.34 bits per heavy atom. The Bertz CT molecular complexity index is 989. The number of amides is 1. The summed E-state index contributed by atoms with van der Waals surface area (Å²) in [5.74, 6) is 2.74. The fourth-order valence-corrected chi connectivity index (χ4v) is 4.51. The van der Waals surface area contributed by atoms with E-state index in [1.54, 1.807) is 11.8 Å². The summed E-state index contributed by atoms with van der Waals surface area (Å²) in [5.41, 5.74) is 1.85. The maximum absolute atomic E-state index is 12.6. The minimum absolute atomic E-state index is 0.227. The van der Waals surface area contributed by atoms with Gasteiger partial charge in [0.1, 0.15) is 5.75 Å². The Morgan fingerprint density at radius 1 is 0.938 bits per heavy atom. The summed E-state index contributed by atoms with van der Waals surface area (Å²) in [5, 5.41) is 8.84.